The highest BCUT2D eigenvalue weighted by Gasteiger charge is 2.27. The van der Waals surface area contributed by atoms with Gasteiger partial charge < -0.3 is 10.1 Å². The fourth-order valence-electron chi connectivity index (χ4n) is 2.40. The Kier molecular flexibility index (Phi) is 3.17. The highest BCUT2D eigenvalue weighted by atomic mass is 16.5. The molecule has 2 nitrogen and oxygen atoms in total. The summed E-state index contributed by atoms with van der Waals surface area (Å²) in [6.07, 6.45) is 0. The van der Waals surface area contributed by atoms with Crippen molar-refractivity contribution in [3.8, 4) is 5.75 Å². The van der Waals surface area contributed by atoms with E-state index < -0.39 is 0 Å². The summed E-state index contributed by atoms with van der Waals surface area (Å²) in [6.45, 7) is 11.0. The van der Waals surface area contributed by atoms with Crippen LogP contribution in [0.3, 0.4) is 0 Å². The molecule has 0 radical (unpaired) electrons. The standard InChI is InChI=1S/C15H23NO/c1-10-6-12(11-8-16-9-11)14(17-5)13(7-10)15(2,3)4/h6-7,11,16H,8-9H2,1-5H3. The summed E-state index contributed by atoms with van der Waals surface area (Å²) in [7, 11) is 1.79. The molecule has 1 fully saturated rings. The first-order valence-corrected chi connectivity index (χ1v) is 6.33. The average molecular weight is 233 g/mol. The lowest BCUT2D eigenvalue weighted by atomic mass is 9.81. The van der Waals surface area contributed by atoms with Crippen LogP contribution in [-0.2, 0) is 5.41 Å². The highest BCUT2D eigenvalue weighted by molar-refractivity contribution is 5.50. The molecule has 0 aliphatic carbocycles. The zero-order valence-electron chi connectivity index (χ0n) is 11.6. The maximum Gasteiger partial charge on any atom is 0.126 e. The van der Waals surface area contributed by atoms with Crippen molar-refractivity contribution < 1.29 is 4.74 Å². The molecular formula is C15H23NO. The van der Waals surface area contributed by atoms with Crippen LogP contribution in [0.15, 0.2) is 12.1 Å². The van der Waals surface area contributed by atoms with Crippen molar-refractivity contribution in [1.29, 1.82) is 0 Å². The van der Waals surface area contributed by atoms with Gasteiger partial charge in [-0.15, -0.1) is 0 Å². The molecule has 1 saturated heterocycles. The molecule has 0 bridgehead atoms. The lowest BCUT2D eigenvalue weighted by Gasteiger charge is -2.32. The largest absolute Gasteiger partial charge is 0.496 e. The predicted molar refractivity (Wildman–Crippen MR) is 72.0 cm³/mol. The molecular weight excluding hydrogens is 210 g/mol. The summed E-state index contributed by atoms with van der Waals surface area (Å²) in [5.74, 6) is 1.71. The van der Waals surface area contributed by atoms with E-state index in [0.29, 0.717) is 5.92 Å². The van der Waals surface area contributed by atoms with Gasteiger partial charge in [-0.05, 0) is 12.3 Å². The van der Waals surface area contributed by atoms with Gasteiger partial charge in [0.25, 0.3) is 0 Å². The Labute approximate surface area is 104 Å². The Bertz CT molecular complexity index is 414. The van der Waals surface area contributed by atoms with Crippen LogP contribution >= 0.6 is 0 Å². The van der Waals surface area contributed by atoms with Gasteiger partial charge in [0.15, 0.2) is 0 Å². The number of hydrogen-bond donors (Lipinski definition) is 1. The molecule has 1 heterocycles. The van der Waals surface area contributed by atoms with E-state index in [0.717, 1.165) is 18.8 Å². The van der Waals surface area contributed by atoms with E-state index in [9.17, 15) is 0 Å². The molecule has 17 heavy (non-hydrogen) atoms. The van der Waals surface area contributed by atoms with Gasteiger partial charge in [-0.1, -0.05) is 38.5 Å². The van der Waals surface area contributed by atoms with Crippen molar-refractivity contribution in [3.05, 3.63) is 28.8 Å². The smallest absolute Gasteiger partial charge is 0.126 e. The fourth-order valence-corrected chi connectivity index (χ4v) is 2.40. The second-order valence-electron chi connectivity index (χ2n) is 6.04. The van der Waals surface area contributed by atoms with E-state index in [1.165, 1.54) is 16.7 Å². The molecule has 0 saturated carbocycles. The summed E-state index contributed by atoms with van der Waals surface area (Å²) in [5.41, 5.74) is 4.15. The van der Waals surface area contributed by atoms with Crippen molar-refractivity contribution in [2.45, 2.75) is 39.0 Å². The predicted octanol–water partition coefficient (Wildman–Crippen LogP) is 2.99. The molecule has 0 atom stereocenters. The van der Waals surface area contributed by atoms with Crippen molar-refractivity contribution in [3.63, 3.8) is 0 Å². The normalized spacial score (nSPS) is 16.8. The van der Waals surface area contributed by atoms with Crippen molar-refractivity contribution in [2.24, 2.45) is 0 Å². The molecule has 1 N–H and O–H groups in total. The third-order valence-corrected chi connectivity index (χ3v) is 3.50. The number of rotatable bonds is 2. The summed E-state index contributed by atoms with van der Waals surface area (Å²) in [6, 6.07) is 4.54. The first-order valence-electron chi connectivity index (χ1n) is 6.33. The van der Waals surface area contributed by atoms with Crippen LogP contribution in [0.25, 0.3) is 0 Å². The minimum Gasteiger partial charge on any atom is -0.496 e. The van der Waals surface area contributed by atoms with Crippen molar-refractivity contribution in [2.75, 3.05) is 20.2 Å². The summed E-state index contributed by atoms with van der Waals surface area (Å²) in [4.78, 5) is 0. The van der Waals surface area contributed by atoms with Gasteiger partial charge in [-0.2, -0.15) is 0 Å². The van der Waals surface area contributed by atoms with Crippen LogP contribution in [0.2, 0.25) is 0 Å². The number of benzene rings is 1. The second kappa shape index (κ2) is 4.34. The van der Waals surface area contributed by atoms with Gasteiger partial charge in [0.2, 0.25) is 0 Å². The van der Waals surface area contributed by atoms with Gasteiger partial charge in [-0.3, -0.25) is 0 Å². The average Bonchev–Trinajstić information content (AvgIpc) is 2.12. The summed E-state index contributed by atoms with van der Waals surface area (Å²) in [5, 5.41) is 3.33. The summed E-state index contributed by atoms with van der Waals surface area (Å²) < 4.78 is 5.69. The van der Waals surface area contributed by atoms with Crippen LogP contribution in [0.5, 0.6) is 5.75 Å². The van der Waals surface area contributed by atoms with E-state index in [4.69, 9.17) is 4.74 Å². The minimum atomic E-state index is 0.128. The third-order valence-electron chi connectivity index (χ3n) is 3.50. The fraction of sp³-hybridized carbons (Fsp3) is 0.600. The SMILES string of the molecule is COc1c(C2CNC2)cc(C)cc1C(C)(C)C. The Balaban J connectivity index is 2.54. The molecule has 1 aliphatic heterocycles. The second-order valence-corrected chi connectivity index (χ2v) is 6.04. The van der Waals surface area contributed by atoms with Gasteiger partial charge in [0.05, 0.1) is 7.11 Å². The quantitative estimate of drug-likeness (QED) is 0.848. The zero-order valence-corrected chi connectivity index (χ0v) is 11.6. The molecule has 94 valence electrons. The molecule has 1 aromatic rings. The monoisotopic (exact) mass is 233 g/mol. The van der Waals surface area contributed by atoms with E-state index in [1.807, 2.05) is 0 Å². The molecule has 0 aromatic heterocycles. The Morgan fingerprint density at radius 2 is 1.88 bits per heavy atom. The van der Waals surface area contributed by atoms with Gasteiger partial charge >= 0.3 is 0 Å². The Hall–Kier alpha value is -1.02. The Morgan fingerprint density at radius 3 is 2.29 bits per heavy atom. The van der Waals surface area contributed by atoms with Crippen molar-refractivity contribution >= 4 is 0 Å². The topological polar surface area (TPSA) is 21.3 Å². The van der Waals surface area contributed by atoms with E-state index in [-0.39, 0.29) is 5.41 Å². The Morgan fingerprint density at radius 1 is 1.24 bits per heavy atom. The minimum absolute atomic E-state index is 0.128. The number of methoxy groups -OCH3 is 1. The van der Waals surface area contributed by atoms with Crippen LogP contribution in [-0.4, -0.2) is 20.2 Å². The molecule has 2 rings (SSSR count). The molecule has 0 amide bonds. The number of hydrogen-bond acceptors (Lipinski definition) is 2. The van der Waals surface area contributed by atoms with Gasteiger partial charge in [0, 0.05) is 30.1 Å². The molecule has 1 aromatic carbocycles. The van der Waals surface area contributed by atoms with Crippen LogP contribution in [0, 0.1) is 6.92 Å². The lowest BCUT2D eigenvalue weighted by Crippen LogP contribution is -2.40. The lowest BCUT2D eigenvalue weighted by molar-refractivity contribution is 0.372. The van der Waals surface area contributed by atoms with E-state index in [1.54, 1.807) is 7.11 Å². The van der Waals surface area contributed by atoms with Crippen LogP contribution in [0.1, 0.15) is 43.4 Å². The molecule has 0 unspecified atom stereocenters. The molecule has 2 heteroatoms. The molecule has 1 aliphatic rings. The van der Waals surface area contributed by atoms with Crippen LogP contribution < -0.4 is 10.1 Å². The van der Waals surface area contributed by atoms with Gasteiger partial charge in [0.1, 0.15) is 5.75 Å². The number of nitrogens with one attached hydrogen (secondary N) is 1. The van der Waals surface area contributed by atoms with E-state index >= 15 is 0 Å². The summed E-state index contributed by atoms with van der Waals surface area (Å²) >= 11 is 0. The zero-order chi connectivity index (χ0) is 12.6. The number of ether oxygens (including phenoxy) is 1. The molecule has 0 spiro atoms. The van der Waals surface area contributed by atoms with E-state index in [2.05, 4.69) is 45.1 Å². The third kappa shape index (κ3) is 2.32. The number of aryl methyl sites for hydroxylation is 1. The van der Waals surface area contributed by atoms with Gasteiger partial charge in [-0.25, -0.2) is 0 Å². The van der Waals surface area contributed by atoms with Crippen molar-refractivity contribution in [1.82, 2.24) is 5.32 Å². The maximum atomic E-state index is 5.69. The highest BCUT2D eigenvalue weighted by Crippen LogP contribution is 2.39. The first kappa shape index (κ1) is 12.4. The maximum absolute atomic E-state index is 5.69. The first-order chi connectivity index (χ1) is 7.93. The van der Waals surface area contributed by atoms with Crippen LogP contribution in [0.4, 0.5) is 0 Å².